The number of hydrogen-bond acceptors (Lipinski definition) is 4. The van der Waals surface area contributed by atoms with Crippen LogP contribution >= 0.6 is 0 Å². The van der Waals surface area contributed by atoms with Gasteiger partial charge < -0.3 is 19.3 Å². The average Bonchev–Trinajstić information content (AvgIpc) is 2.29. The molecule has 0 bridgehead atoms. The maximum Gasteiger partial charge on any atom is 0.409 e. The molecule has 0 aromatic carbocycles. The van der Waals surface area contributed by atoms with Gasteiger partial charge in [0.05, 0.1) is 13.2 Å². The molecule has 0 aromatic heterocycles. The molecule has 1 rings (SSSR count). The van der Waals surface area contributed by atoms with E-state index in [2.05, 4.69) is 18.7 Å². The molecule has 5 nitrogen and oxygen atoms in total. The first-order valence-electron chi connectivity index (χ1n) is 5.81. The van der Waals surface area contributed by atoms with Gasteiger partial charge >= 0.3 is 6.09 Å². The van der Waals surface area contributed by atoms with Crippen LogP contribution in [0.25, 0.3) is 0 Å². The minimum Gasteiger partial charge on any atom is -0.448 e. The molecule has 1 fully saturated rings. The summed E-state index contributed by atoms with van der Waals surface area (Å²) >= 11 is 0. The van der Waals surface area contributed by atoms with E-state index in [1.807, 2.05) is 7.05 Å². The molecule has 5 heteroatoms. The number of nitrogens with zero attached hydrogens (tertiary/aromatic N) is 2. The first-order valence-corrected chi connectivity index (χ1v) is 5.81. The minimum atomic E-state index is -0.222. The molecule has 0 aromatic rings. The van der Waals surface area contributed by atoms with Crippen molar-refractivity contribution in [3.8, 4) is 0 Å². The predicted molar refractivity (Wildman–Crippen MR) is 61.5 cm³/mol. The minimum absolute atomic E-state index is 0.222. The lowest BCUT2D eigenvalue weighted by atomic mass is 10.3. The van der Waals surface area contributed by atoms with Crippen LogP contribution in [0.3, 0.4) is 0 Å². The van der Waals surface area contributed by atoms with Crippen molar-refractivity contribution in [1.29, 1.82) is 0 Å². The lowest BCUT2D eigenvalue weighted by Gasteiger charge is -2.27. The number of ether oxygens (including phenoxy) is 2. The molecule has 1 aliphatic rings. The number of morpholine rings is 1. The van der Waals surface area contributed by atoms with E-state index < -0.39 is 0 Å². The summed E-state index contributed by atoms with van der Waals surface area (Å²) in [5.41, 5.74) is 0. The molecule has 0 N–H and O–H groups in total. The highest BCUT2D eigenvalue weighted by Gasteiger charge is 2.17. The van der Waals surface area contributed by atoms with Crippen LogP contribution in [0.2, 0.25) is 0 Å². The molecule has 0 saturated carbocycles. The molecular weight excluding hydrogens is 208 g/mol. The summed E-state index contributed by atoms with van der Waals surface area (Å²) in [6, 6.07) is 0.474. The normalized spacial score (nSPS) is 16.9. The Balaban J connectivity index is 2.14. The number of carbonyl (C=O) groups excluding carboxylic acids is 1. The number of rotatable bonds is 4. The summed E-state index contributed by atoms with van der Waals surface area (Å²) in [6.45, 7) is 7.95. The van der Waals surface area contributed by atoms with E-state index >= 15 is 0 Å². The van der Waals surface area contributed by atoms with Gasteiger partial charge in [-0.3, -0.25) is 0 Å². The summed E-state index contributed by atoms with van der Waals surface area (Å²) in [4.78, 5) is 15.4. The lowest BCUT2D eigenvalue weighted by molar-refractivity contribution is 0.0246. The largest absolute Gasteiger partial charge is 0.448 e. The summed E-state index contributed by atoms with van der Waals surface area (Å²) in [5, 5.41) is 0. The Hall–Kier alpha value is -0.810. The number of likely N-dealkylation sites (N-methyl/N-ethyl adjacent to an activating group) is 1. The second-order valence-corrected chi connectivity index (χ2v) is 4.29. The van der Waals surface area contributed by atoms with Gasteiger partial charge in [0.25, 0.3) is 0 Å². The third-order valence-corrected chi connectivity index (χ3v) is 2.82. The van der Waals surface area contributed by atoms with Crippen LogP contribution in [0, 0.1) is 0 Å². The van der Waals surface area contributed by atoms with Crippen molar-refractivity contribution >= 4 is 6.09 Å². The average molecular weight is 230 g/mol. The Morgan fingerprint density at radius 2 is 2.06 bits per heavy atom. The SMILES string of the molecule is CC(C)N(C)CCOC(=O)N1CCOCC1. The summed E-state index contributed by atoms with van der Waals surface area (Å²) < 4.78 is 10.4. The third-order valence-electron chi connectivity index (χ3n) is 2.82. The van der Waals surface area contributed by atoms with Crippen LogP contribution in [-0.2, 0) is 9.47 Å². The highest BCUT2D eigenvalue weighted by Crippen LogP contribution is 2.00. The summed E-state index contributed by atoms with van der Waals surface area (Å²) in [6.07, 6.45) is -0.222. The fraction of sp³-hybridized carbons (Fsp3) is 0.909. The van der Waals surface area contributed by atoms with Crippen molar-refractivity contribution in [2.45, 2.75) is 19.9 Å². The third kappa shape index (κ3) is 4.37. The molecule has 0 spiro atoms. The van der Waals surface area contributed by atoms with E-state index in [1.165, 1.54) is 0 Å². The van der Waals surface area contributed by atoms with Gasteiger partial charge in [0.1, 0.15) is 6.61 Å². The van der Waals surface area contributed by atoms with E-state index in [1.54, 1.807) is 4.90 Å². The summed E-state index contributed by atoms with van der Waals surface area (Å²) in [7, 11) is 2.02. The van der Waals surface area contributed by atoms with E-state index in [9.17, 15) is 4.79 Å². The van der Waals surface area contributed by atoms with E-state index in [-0.39, 0.29) is 6.09 Å². The Labute approximate surface area is 97.3 Å². The molecule has 94 valence electrons. The second-order valence-electron chi connectivity index (χ2n) is 4.29. The Morgan fingerprint density at radius 1 is 1.44 bits per heavy atom. The second kappa shape index (κ2) is 6.70. The first kappa shape index (κ1) is 13.3. The van der Waals surface area contributed by atoms with Gasteiger partial charge in [-0.25, -0.2) is 4.79 Å². The molecule has 1 saturated heterocycles. The quantitative estimate of drug-likeness (QED) is 0.716. The molecule has 1 aliphatic heterocycles. The monoisotopic (exact) mass is 230 g/mol. The van der Waals surface area contributed by atoms with Gasteiger partial charge in [0.2, 0.25) is 0 Å². The van der Waals surface area contributed by atoms with Gasteiger partial charge in [-0.2, -0.15) is 0 Å². The van der Waals surface area contributed by atoms with Crippen LogP contribution in [-0.4, -0.2) is 68.4 Å². The predicted octanol–water partition coefficient (Wildman–Crippen LogP) is 0.795. The van der Waals surface area contributed by atoms with Crippen LogP contribution in [0.5, 0.6) is 0 Å². The molecule has 1 amide bonds. The summed E-state index contributed by atoms with van der Waals surface area (Å²) in [5.74, 6) is 0. The number of carbonyl (C=O) groups is 1. The lowest BCUT2D eigenvalue weighted by Crippen LogP contribution is -2.42. The smallest absolute Gasteiger partial charge is 0.409 e. The van der Waals surface area contributed by atoms with Crippen molar-refractivity contribution < 1.29 is 14.3 Å². The molecular formula is C11H22N2O3. The molecule has 0 unspecified atom stereocenters. The fourth-order valence-electron chi connectivity index (χ4n) is 1.37. The zero-order valence-electron chi connectivity index (χ0n) is 10.4. The molecule has 0 aliphatic carbocycles. The Kier molecular flexibility index (Phi) is 5.55. The van der Waals surface area contributed by atoms with Crippen molar-refractivity contribution in [3.05, 3.63) is 0 Å². The van der Waals surface area contributed by atoms with Crippen molar-refractivity contribution in [2.24, 2.45) is 0 Å². The van der Waals surface area contributed by atoms with Crippen molar-refractivity contribution in [1.82, 2.24) is 9.80 Å². The van der Waals surface area contributed by atoms with Crippen LogP contribution in [0.15, 0.2) is 0 Å². The Morgan fingerprint density at radius 3 is 2.62 bits per heavy atom. The maximum atomic E-state index is 11.6. The van der Waals surface area contributed by atoms with E-state index in [0.717, 1.165) is 6.54 Å². The van der Waals surface area contributed by atoms with E-state index in [0.29, 0.717) is 39.0 Å². The van der Waals surface area contributed by atoms with Gasteiger partial charge in [0, 0.05) is 25.7 Å². The zero-order valence-corrected chi connectivity index (χ0v) is 10.4. The van der Waals surface area contributed by atoms with Crippen LogP contribution in [0.1, 0.15) is 13.8 Å². The van der Waals surface area contributed by atoms with Gasteiger partial charge in [-0.05, 0) is 20.9 Å². The van der Waals surface area contributed by atoms with Crippen LogP contribution in [0.4, 0.5) is 4.79 Å². The zero-order chi connectivity index (χ0) is 12.0. The molecule has 16 heavy (non-hydrogen) atoms. The highest BCUT2D eigenvalue weighted by atomic mass is 16.6. The molecule has 0 atom stereocenters. The van der Waals surface area contributed by atoms with E-state index in [4.69, 9.17) is 9.47 Å². The maximum absolute atomic E-state index is 11.6. The van der Waals surface area contributed by atoms with Gasteiger partial charge in [-0.1, -0.05) is 0 Å². The standard InChI is InChI=1S/C11H22N2O3/c1-10(2)12(3)4-9-16-11(14)13-5-7-15-8-6-13/h10H,4-9H2,1-3H3. The Bertz CT molecular complexity index is 215. The van der Waals surface area contributed by atoms with Gasteiger partial charge in [-0.15, -0.1) is 0 Å². The fourth-order valence-corrected chi connectivity index (χ4v) is 1.37. The molecule has 1 heterocycles. The first-order chi connectivity index (χ1) is 7.61. The van der Waals surface area contributed by atoms with Crippen molar-refractivity contribution in [3.63, 3.8) is 0 Å². The highest BCUT2D eigenvalue weighted by molar-refractivity contribution is 5.67. The number of amides is 1. The van der Waals surface area contributed by atoms with Crippen molar-refractivity contribution in [2.75, 3.05) is 46.5 Å². The topological polar surface area (TPSA) is 42.0 Å². The van der Waals surface area contributed by atoms with Gasteiger partial charge in [0.15, 0.2) is 0 Å². The van der Waals surface area contributed by atoms with Crippen LogP contribution < -0.4 is 0 Å². The number of hydrogen-bond donors (Lipinski definition) is 0. The molecule has 0 radical (unpaired) electrons.